The van der Waals surface area contributed by atoms with E-state index in [1.54, 1.807) is 16.2 Å². The summed E-state index contributed by atoms with van der Waals surface area (Å²) in [7, 11) is 0. The first-order valence-corrected chi connectivity index (χ1v) is 12.9. The van der Waals surface area contributed by atoms with Gasteiger partial charge in [0.2, 0.25) is 0 Å². The molecular formula is C23H30N2O6S2. The van der Waals surface area contributed by atoms with Crippen LogP contribution in [0.25, 0.3) is 0 Å². The fourth-order valence-electron chi connectivity index (χ4n) is 4.36. The zero-order chi connectivity index (χ0) is 23.6. The molecule has 3 heterocycles. The van der Waals surface area contributed by atoms with Gasteiger partial charge in [0, 0.05) is 29.8 Å². The Kier molecular flexibility index (Phi) is 7.37. The van der Waals surface area contributed by atoms with Crippen LogP contribution in [0.4, 0.5) is 4.79 Å². The van der Waals surface area contributed by atoms with Gasteiger partial charge in [-0.15, -0.1) is 11.3 Å². The average molecular weight is 495 g/mol. The number of aromatic nitrogens is 1. The predicted molar refractivity (Wildman–Crippen MR) is 126 cm³/mol. The first kappa shape index (κ1) is 24.1. The van der Waals surface area contributed by atoms with Crippen molar-refractivity contribution in [3.8, 4) is 5.75 Å². The fraction of sp³-hybridized carbons (Fsp3) is 0.565. The molecule has 0 saturated carbocycles. The monoisotopic (exact) mass is 494 g/mol. The second-order valence-corrected chi connectivity index (χ2v) is 11.4. The van der Waals surface area contributed by atoms with Gasteiger partial charge >= 0.3 is 17.5 Å². The van der Waals surface area contributed by atoms with Crippen LogP contribution in [0.1, 0.15) is 61.7 Å². The van der Waals surface area contributed by atoms with Gasteiger partial charge in [-0.1, -0.05) is 32.9 Å². The second-order valence-electron chi connectivity index (χ2n) is 9.58. The van der Waals surface area contributed by atoms with Crippen LogP contribution in [0.2, 0.25) is 0 Å². The zero-order valence-corrected chi connectivity index (χ0v) is 20.7. The second kappa shape index (κ2) is 10.1. The maximum atomic E-state index is 11.7. The molecular weight excluding hydrogens is 464 g/mol. The van der Waals surface area contributed by atoms with E-state index in [-0.39, 0.29) is 23.3 Å². The Hall–Kier alpha value is -2.01. The summed E-state index contributed by atoms with van der Waals surface area (Å²) in [6, 6.07) is 7.72. The smallest absolute Gasteiger partial charge is 0.407 e. The van der Waals surface area contributed by atoms with Crippen molar-refractivity contribution in [1.29, 1.82) is 0 Å². The first-order valence-electron chi connectivity index (χ1n) is 11.1. The van der Waals surface area contributed by atoms with E-state index in [9.17, 15) is 14.1 Å². The average Bonchev–Trinajstić information content (AvgIpc) is 3.27. The van der Waals surface area contributed by atoms with E-state index >= 15 is 0 Å². The molecule has 180 valence electrons. The van der Waals surface area contributed by atoms with E-state index < -0.39 is 17.5 Å². The van der Waals surface area contributed by atoms with Gasteiger partial charge in [0.15, 0.2) is 0 Å². The largest absolute Gasteiger partial charge is 0.487 e. The lowest BCUT2D eigenvalue weighted by atomic mass is 9.77. The number of likely N-dealkylation sites (tertiary alicyclic amines) is 1. The molecule has 1 amide bonds. The number of amides is 1. The topological polar surface area (TPSA) is 98.2 Å². The predicted octanol–water partition coefficient (Wildman–Crippen LogP) is 4.70. The van der Waals surface area contributed by atoms with Crippen LogP contribution in [-0.4, -0.2) is 51.1 Å². The van der Waals surface area contributed by atoms with E-state index in [1.165, 1.54) is 0 Å². The number of carboxylic acid groups (broad SMARTS) is 1. The van der Waals surface area contributed by atoms with E-state index in [2.05, 4.69) is 20.8 Å². The van der Waals surface area contributed by atoms with Crippen LogP contribution in [0.15, 0.2) is 29.6 Å². The van der Waals surface area contributed by atoms with E-state index in [0.29, 0.717) is 26.4 Å². The molecule has 0 aliphatic carbocycles. The third-order valence-corrected chi connectivity index (χ3v) is 7.95. The summed E-state index contributed by atoms with van der Waals surface area (Å²) in [5.41, 5.74) is 1.80. The van der Waals surface area contributed by atoms with Gasteiger partial charge in [0.1, 0.15) is 12.4 Å². The first-order chi connectivity index (χ1) is 15.7. The Labute approximate surface area is 200 Å². The summed E-state index contributed by atoms with van der Waals surface area (Å²) in [6.45, 7) is 7.94. The van der Waals surface area contributed by atoms with Crippen molar-refractivity contribution in [2.45, 2.75) is 58.1 Å². The highest BCUT2D eigenvalue weighted by Crippen LogP contribution is 2.40. The lowest BCUT2D eigenvalue weighted by Crippen LogP contribution is -2.51. The maximum Gasteiger partial charge on any atom is 0.407 e. The number of piperidine rings is 1. The molecule has 33 heavy (non-hydrogen) atoms. The maximum absolute atomic E-state index is 11.7. The lowest BCUT2D eigenvalue weighted by molar-refractivity contribution is 0.0525. The number of thiazole rings is 1. The third kappa shape index (κ3) is 5.92. The molecule has 0 bridgehead atoms. The highest BCUT2D eigenvalue weighted by molar-refractivity contribution is 7.75. The van der Waals surface area contributed by atoms with Gasteiger partial charge in [0.25, 0.3) is 0 Å². The molecule has 2 saturated heterocycles. The molecule has 1 aromatic carbocycles. The summed E-state index contributed by atoms with van der Waals surface area (Å²) >= 11 is -0.00801. The van der Waals surface area contributed by atoms with E-state index in [1.807, 2.05) is 29.6 Å². The fourth-order valence-corrected chi connectivity index (χ4v) is 5.93. The highest BCUT2D eigenvalue weighted by atomic mass is 32.2. The molecule has 8 nitrogen and oxygen atoms in total. The number of benzene rings is 1. The van der Waals surface area contributed by atoms with Crippen LogP contribution in [0, 0.1) is 5.41 Å². The van der Waals surface area contributed by atoms with Crippen molar-refractivity contribution in [1.82, 2.24) is 9.88 Å². The number of hydrogen-bond acceptors (Lipinski definition) is 7. The zero-order valence-electron chi connectivity index (χ0n) is 19.1. The standard InChI is InChI=1S/C23H30N2O6S2/c1-23(2,3)20-10-16(8-9-25(20)22(26)27)21-24-18(14-32-21)13-29-19-6-4-15(5-7-19)17-11-30-33(28)31-12-17/h4-7,14,16-17,20H,8-13H2,1-3H3,(H,26,27)/t16-,17?,20+,33?/m1/s1. The number of rotatable bonds is 5. The molecule has 1 aromatic heterocycles. The highest BCUT2D eigenvalue weighted by Gasteiger charge is 2.39. The van der Waals surface area contributed by atoms with Crippen molar-refractivity contribution in [3.05, 3.63) is 45.9 Å². The molecule has 0 radical (unpaired) electrons. The quantitative estimate of drug-likeness (QED) is 0.643. The Balaban J connectivity index is 1.33. The molecule has 0 unspecified atom stereocenters. The summed E-state index contributed by atoms with van der Waals surface area (Å²) in [5.74, 6) is 1.07. The molecule has 2 aliphatic heterocycles. The minimum atomic E-state index is -1.63. The molecule has 4 rings (SSSR count). The van der Waals surface area contributed by atoms with Crippen molar-refractivity contribution in [2.75, 3.05) is 19.8 Å². The van der Waals surface area contributed by atoms with Crippen LogP contribution in [0.5, 0.6) is 5.75 Å². The minimum absolute atomic E-state index is 0.0316. The van der Waals surface area contributed by atoms with Crippen LogP contribution < -0.4 is 4.74 Å². The molecule has 2 aliphatic rings. The van der Waals surface area contributed by atoms with E-state index in [0.717, 1.165) is 34.9 Å². The molecule has 2 atom stereocenters. The Bertz CT molecular complexity index is 978. The van der Waals surface area contributed by atoms with Gasteiger partial charge in [-0.05, 0) is 36.0 Å². The molecule has 2 fully saturated rings. The lowest BCUT2D eigenvalue weighted by Gasteiger charge is -2.44. The van der Waals surface area contributed by atoms with Crippen LogP contribution in [-0.2, 0) is 26.3 Å². The van der Waals surface area contributed by atoms with Crippen molar-refractivity contribution < 1.29 is 27.2 Å². The van der Waals surface area contributed by atoms with Crippen molar-refractivity contribution in [3.63, 3.8) is 0 Å². The Morgan fingerprint density at radius 1 is 1.24 bits per heavy atom. The van der Waals surface area contributed by atoms with Crippen LogP contribution >= 0.6 is 11.3 Å². The van der Waals surface area contributed by atoms with Gasteiger partial charge in [-0.2, -0.15) is 4.21 Å². The minimum Gasteiger partial charge on any atom is -0.487 e. The molecule has 1 N–H and O–H groups in total. The summed E-state index contributed by atoms with van der Waals surface area (Å²) < 4.78 is 27.2. The Morgan fingerprint density at radius 3 is 2.58 bits per heavy atom. The van der Waals surface area contributed by atoms with Gasteiger partial charge in [-0.25, -0.2) is 9.78 Å². The van der Waals surface area contributed by atoms with Gasteiger partial charge < -0.3 is 14.7 Å². The van der Waals surface area contributed by atoms with Gasteiger partial charge in [0.05, 0.1) is 23.9 Å². The number of ether oxygens (including phenoxy) is 1. The molecule has 2 aromatic rings. The normalized spacial score (nSPS) is 26.2. The Morgan fingerprint density at radius 2 is 1.94 bits per heavy atom. The van der Waals surface area contributed by atoms with Crippen molar-refractivity contribution >= 4 is 28.8 Å². The summed E-state index contributed by atoms with van der Waals surface area (Å²) in [4.78, 5) is 18.1. The third-order valence-electron chi connectivity index (χ3n) is 6.24. The summed E-state index contributed by atoms with van der Waals surface area (Å²) in [6.07, 6.45) is 0.731. The number of hydrogen-bond donors (Lipinski definition) is 1. The number of carbonyl (C=O) groups is 1. The molecule has 10 heteroatoms. The van der Waals surface area contributed by atoms with Gasteiger partial charge in [-0.3, -0.25) is 8.37 Å². The van der Waals surface area contributed by atoms with Crippen molar-refractivity contribution in [2.24, 2.45) is 5.41 Å². The molecule has 0 spiro atoms. The number of nitrogens with zero attached hydrogens (tertiary/aromatic N) is 2. The van der Waals surface area contributed by atoms with Crippen LogP contribution in [0.3, 0.4) is 0 Å². The summed E-state index contributed by atoms with van der Waals surface area (Å²) in [5, 5.41) is 12.7. The SMILES string of the molecule is CC(C)(C)[C@@H]1C[C@H](c2nc(COc3ccc(C4COS(=O)OC4)cc3)cs2)CCN1C(=O)O. The van der Waals surface area contributed by atoms with E-state index in [4.69, 9.17) is 18.1 Å².